The Bertz CT molecular complexity index is 381. The third-order valence-electron chi connectivity index (χ3n) is 2.65. The van der Waals surface area contributed by atoms with Crippen molar-refractivity contribution in [3.63, 3.8) is 0 Å². The van der Waals surface area contributed by atoms with Crippen LogP contribution in [0.2, 0.25) is 0 Å². The van der Waals surface area contributed by atoms with Gasteiger partial charge in [-0.05, 0) is 13.3 Å². The van der Waals surface area contributed by atoms with E-state index in [2.05, 4.69) is 9.53 Å². The lowest BCUT2D eigenvalue weighted by Crippen LogP contribution is -2.39. The minimum Gasteiger partial charge on any atom is -0.460 e. The average molecular weight is 256 g/mol. The van der Waals surface area contributed by atoms with Gasteiger partial charge in [0.2, 0.25) is 0 Å². The first kappa shape index (κ1) is 14.5. The molecule has 0 saturated carbocycles. The van der Waals surface area contributed by atoms with Gasteiger partial charge in [0.15, 0.2) is 5.79 Å². The summed E-state index contributed by atoms with van der Waals surface area (Å²) >= 11 is 0. The highest BCUT2D eigenvalue weighted by Gasteiger charge is 2.35. The van der Waals surface area contributed by atoms with Crippen LogP contribution in [0.15, 0.2) is 0 Å². The van der Waals surface area contributed by atoms with Crippen molar-refractivity contribution in [2.75, 3.05) is 20.3 Å². The Morgan fingerprint density at radius 2 is 2.00 bits per heavy atom. The Hall–Kier alpha value is -1.56. The number of nitrogens with zero attached hydrogens (tertiary/aromatic N) is 2. The predicted octanol–water partition coefficient (Wildman–Crippen LogP) is 0.333. The van der Waals surface area contributed by atoms with Gasteiger partial charge in [-0.15, -0.1) is 0 Å². The van der Waals surface area contributed by atoms with Crippen molar-refractivity contribution < 1.29 is 28.6 Å². The van der Waals surface area contributed by atoms with Crippen LogP contribution in [0.25, 0.3) is 5.53 Å². The van der Waals surface area contributed by atoms with Gasteiger partial charge < -0.3 is 19.7 Å². The molecule has 0 aromatic heterocycles. The summed E-state index contributed by atoms with van der Waals surface area (Å²) in [6.45, 7) is 2.87. The molecule has 0 N–H and O–H groups in total. The number of hydrogen-bond donors (Lipinski definition) is 0. The van der Waals surface area contributed by atoms with E-state index in [1.807, 2.05) is 0 Å². The van der Waals surface area contributed by atoms with Gasteiger partial charge in [-0.25, -0.2) is 4.79 Å². The number of ketones is 1. The quantitative estimate of drug-likeness (QED) is 0.232. The molecule has 0 aromatic carbocycles. The van der Waals surface area contributed by atoms with E-state index in [9.17, 15) is 9.59 Å². The van der Waals surface area contributed by atoms with E-state index >= 15 is 0 Å². The lowest BCUT2D eigenvalue weighted by molar-refractivity contribution is -0.258. The minimum absolute atomic E-state index is 0.0228. The lowest BCUT2D eigenvalue weighted by Gasteiger charge is -2.33. The molecule has 1 saturated heterocycles. The zero-order chi connectivity index (χ0) is 13.6. The highest BCUT2D eigenvalue weighted by molar-refractivity contribution is 6.62. The second-order valence-corrected chi connectivity index (χ2v) is 4.05. The summed E-state index contributed by atoms with van der Waals surface area (Å²) in [5, 5.41) is 0. The summed E-state index contributed by atoms with van der Waals surface area (Å²) in [7, 11) is 1.11. The Morgan fingerprint density at radius 1 is 1.39 bits per heavy atom. The van der Waals surface area contributed by atoms with Crippen molar-refractivity contribution in [1.29, 1.82) is 0 Å². The molecule has 7 heteroatoms. The molecule has 0 bridgehead atoms. The zero-order valence-corrected chi connectivity index (χ0v) is 10.5. The maximum atomic E-state index is 11.7. The number of ether oxygens (including phenoxy) is 3. The van der Waals surface area contributed by atoms with E-state index in [-0.39, 0.29) is 12.8 Å². The van der Waals surface area contributed by atoms with E-state index in [1.54, 1.807) is 6.92 Å². The molecule has 100 valence electrons. The van der Waals surface area contributed by atoms with Crippen LogP contribution in [-0.4, -0.2) is 48.4 Å². The van der Waals surface area contributed by atoms with Gasteiger partial charge in [-0.1, -0.05) is 0 Å². The lowest BCUT2D eigenvalue weighted by atomic mass is 10.1. The van der Waals surface area contributed by atoms with Gasteiger partial charge in [-0.3, -0.25) is 4.79 Å². The van der Waals surface area contributed by atoms with Crippen molar-refractivity contribution in [3.05, 3.63) is 5.53 Å². The average Bonchev–Trinajstić information content (AvgIpc) is 2.38. The van der Waals surface area contributed by atoms with Crippen LogP contribution in [0, 0.1) is 0 Å². The Morgan fingerprint density at radius 3 is 2.50 bits per heavy atom. The number of rotatable bonds is 5. The van der Waals surface area contributed by atoms with E-state index in [4.69, 9.17) is 15.0 Å². The van der Waals surface area contributed by atoms with Gasteiger partial charge in [0.1, 0.15) is 0 Å². The highest BCUT2D eigenvalue weighted by atomic mass is 16.7. The molecule has 0 atom stereocenters. The molecule has 1 aliphatic heterocycles. The van der Waals surface area contributed by atoms with Crippen molar-refractivity contribution >= 4 is 17.5 Å². The maximum absolute atomic E-state index is 11.7. The summed E-state index contributed by atoms with van der Waals surface area (Å²) in [6, 6.07) is 0. The standard InChI is InChI=1S/C11H16N2O5/c1-11(17-6-3-7-18-11)5-4-8(14)9(13-12)10(15)16-2/h3-7H2,1-2H3. The Balaban J connectivity index is 2.54. The molecule has 1 aliphatic rings. The van der Waals surface area contributed by atoms with Crippen molar-refractivity contribution in [2.45, 2.75) is 32.0 Å². The van der Waals surface area contributed by atoms with Crippen molar-refractivity contribution in [2.24, 2.45) is 0 Å². The van der Waals surface area contributed by atoms with Crippen LogP contribution in [0.3, 0.4) is 0 Å². The summed E-state index contributed by atoms with van der Waals surface area (Å²) in [5.74, 6) is -2.40. The van der Waals surface area contributed by atoms with E-state index in [0.29, 0.717) is 13.2 Å². The van der Waals surface area contributed by atoms with Crippen LogP contribution in [0.4, 0.5) is 0 Å². The van der Waals surface area contributed by atoms with Crippen LogP contribution in [-0.2, 0) is 23.8 Å². The van der Waals surface area contributed by atoms with Crippen molar-refractivity contribution in [1.82, 2.24) is 0 Å². The monoisotopic (exact) mass is 256 g/mol. The largest absolute Gasteiger partial charge is 0.460 e. The fourth-order valence-electron chi connectivity index (χ4n) is 1.59. The van der Waals surface area contributed by atoms with Gasteiger partial charge in [0.05, 0.1) is 20.3 Å². The SMILES string of the molecule is COC(=O)C(=[N+]=[N-])C(=O)CCC1(C)OCCCO1. The molecule has 7 nitrogen and oxygen atoms in total. The smallest absolute Gasteiger partial charge is 0.441 e. The molecule has 0 aromatic rings. The van der Waals surface area contributed by atoms with E-state index in [1.165, 1.54) is 0 Å². The topological polar surface area (TPSA) is 98.2 Å². The summed E-state index contributed by atoms with van der Waals surface area (Å²) in [6.07, 6.45) is 1.07. The summed E-state index contributed by atoms with van der Waals surface area (Å²) in [5.41, 5.74) is 7.99. The number of esters is 1. The molecule has 1 heterocycles. The van der Waals surface area contributed by atoms with E-state index < -0.39 is 23.3 Å². The summed E-state index contributed by atoms with van der Waals surface area (Å²) < 4.78 is 15.2. The minimum atomic E-state index is -0.960. The zero-order valence-electron chi connectivity index (χ0n) is 10.5. The van der Waals surface area contributed by atoms with Crippen LogP contribution >= 0.6 is 0 Å². The fourth-order valence-corrected chi connectivity index (χ4v) is 1.59. The molecule has 0 unspecified atom stereocenters. The molecule has 0 amide bonds. The number of carbonyl (C=O) groups excluding carboxylic acids is 2. The van der Waals surface area contributed by atoms with Crippen LogP contribution in [0.1, 0.15) is 26.2 Å². The first-order chi connectivity index (χ1) is 8.52. The highest BCUT2D eigenvalue weighted by Crippen LogP contribution is 2.23. The third-order valence-corrected chi connectivity index (χ3v) is 2.65. The molecule has 18 heavy (non-hydrogen) atoms. The number of hydrogen-bond acceptors (Lipinski definition) is 5. The summed E-state index contributed by atoms with van der Waals surface area (Å²) in [4.78, 5) is 25.4. The molecular formula is C11H16N2O5. The molecule has 1 rings (SSSR count). The van der Waals surface area contributed by atoms with Gasteiger partial charge in [0, 0.05) is 12.8 Å². The van der Waals surface area contributed by atoms with Crippen LogP contribution < -0.4 is 0 Å². The van der Waals surface area contributed by atoms with E-state index in [0.717, 1.165) is 13.5 Å². The predicted molar refractivity (Wildman–Crippen MR) is 59.8 cm³/mol. The molecule has 0 aliphatic carbocycles. The van der Waals surface area contributed by atoms with Gasteiger partial charge in [-0.2, -0.15) is 4.79 Å². The number of methoxy groups -OCH3 is 1. The normalized spacial score (nSPS) is 17.7. The Kier molecular flexibility index (Phi) is 5.15. The number of Topliss-reactive ketones (excluding diaryl/α,β-unsaturated/α-hetero) is 1. The first-order valence-corrected chi connectivity index (χ1v) is 5.64. The van der Waals surface area contributed by atoms with Crippen molar-refractivity contribution in [3.8, 4) is 0 Å². The second kappa shape index (κ2) is 6.39. The first-order valence-electron chi connectivity index (χ1n) is 5.64. The molecular weight excluding hydrogens is 240 g/mol. The second-order valence-electron chi connectivity index (χ2n) is 4.05. The third kappa shape index (κ3) is 3.73. The number of carbonyl (C=O) groups is 2. The van der Waals surface area contributed by atoms with Gasteiger partial charge >= 0.3 is 11.7 Å². The van der Waals surface area contributed by atoms with Crippen LogP contribution in [0.5, 0.6) is 0 Å². The van der Waals surface area contributed by atoms with Gasteiger partial charge in [0.25, 0.3) is 5.78 Å². The molecule has 0 spiro atoms. The molecule has 0 radical (unpaired) electrons. The molecule has 1 fully saturated rings. The Labute approximate surface area is 105 Å². The maximum Gasteiger partial charge on any atom is 0.441 e. The fraction of sp³-hybridized carbons (Fsp3) is 0.727.